The van der Waals surface area contributed by atoms with Gasteiger partial charge in [-0.25, -0.2) is 4.79 Å². The standard InChI is InChI=1S/C23H26N2O5/c1-15-6-8-18(9-7-15)22(26)17(3)30-23(27)19-10-11-20(21(13-19)25(28)29)24-12-4-5-16(2)14-24/h6-11,13,16-17H,4-5,12,14H2,1-3H3/t16-,17-/m0/s1. The van der Waals surface area contributed by atoms with Gasteiger partial charge in [-0.3, -0.25) is 14.9 Å². The van der Waals surface area contributed by atoms with E-state index in [2.05, 4.69) is 6.92 Å². The molecule has 1 fully saturated rings. The predicted octanol–water partition coefficient (Wildman–Crippen LogP) is 4.57. The number of hydrogen-bond donors (Lipinski definition) is 0. The number of aryl methyl sites for hydroxylation is 1. The van der Waals surface area contributed by atoms with Crippen molar-refractivity contribution in [1.82, 2.24) is 0 Å². The minimum Gasteiger partial charge on any atom is -0.451 e. The van der Waals surface area contributed by atoms with E-state index >= 15 is 0 Å². The molecule has 0 amide bonds. The molecule has 7 heteroatoms. The highest BCUT2D eigenvalue weighted by atomic mass is 16.6. The minimum absolute atomic E-state index is 0.0547. The van der Waals surface area contributed by atoms with Crippen LogP contribution in [0.4, 0.5) is 11.4 Å². The van der Waals surface area contributed by atoms with Crippen molar-refractivity contribution in [3.8, 4) is 0 Å². The van der Waals surface area contributed by atoms with Gasteiger partial charge in [0.25, 0.3) is 5.69 Å². The number of Topliss-reactive ketones (excluding diaryl/α,β-unsaturated/α-hetero) is 1. The predicted molar refractivity (Wildman–Crippen MR) is 114 cm³/mol. The van der Waals surface area contributed by atoms with Crippen LogP contribution in [-0.4, -0.2) is 35.9 Å². The van der Waals surface area contributed by atoms with E-state index in [1.165, 1.54) is 19.1 Å². The Bertz CT molecular complexity index is 955. The van der Waals surface area contributed by atoms with Crippen LogP contribution >= 0.6 is 0 Å². The average Bonchev–Trinajstić information content (AvgIpc) is 2.73. The van der Waals surface area contributed by atoms with Crippen LogP contribution in [-0.2, 0) is 4.74 Å². The molecule has 0 aromatic heterocycles. The SMILES string of the molecule is Cc1ccc(C(=O)[C@H](C)OC(=O)c2ccc(N3CCC[C@H](C)C3)c([N+](=O)[O-])c2)cc1. The third-order valence-corrected chi connectivity index (χ3v) is 5.39. The van der Waals surface area contributed by atoms with Crippen LogP contribution < -0.4 is 4.90 Å². The van der Waals surface area contributed by atoms with E-state index in [1.807, 2.05) is 24.0 Å². The van der Waals surface area contributed by atoms with Gasteiger partial charge in [-0.05, 0) is 44.7 Å². The maximum absolute atomic E-state index is 12.5. The number of nitro benzene ring substituents is 1. The molecule has 7 nitrogen and oxygen atoms in total. The molecular weight excluding hydrogens is 384 g/mol. The number of ketones is 1. The monoisotopic (exact) mass is 410 g/mol. The number of carbonyl (C=O) groups is 2. The zero-order chi connectivity index (χ0) is 21.8. The van der Waals surface area contributed by atoms with E-state index in [1.54, 1.807) is 18.2 Å². The first kappa shape index (κ1) is 21.5. The molecule has 1 saturated heterocycles. The van der Waals surface area contributed by atoms with Gasteiger partial charge < -0.3 is 9.64 Å². The van der Waals surface area contributed by atoms with Crippen molar-refractivity contribution in [3.63, 3.8) is 0 Å². The highest BCUT2D eigenvalue weighted by Crippen LogP contribution is 2.32. The Morgan fingerprint density at radius 2 is 1.83 bits per heavy atom. The molecule has 0 N–H and O–H groups in total. The summed E-state index contributed by atoms with van der Waals surface area (Å²) < 4.78 is 5.30. The number of esters is 1. The van der Waals surface area contributed by atoms with Crippen LogP contribution in [0.1, 0.15) is 53.0 Å². The summed E-state index contributed by atoms with van der Waals surface area (Å²) in [7, 11) is 0. The summed E-state index contributed by atoms with van der Waals surface area (Å²) in [6.45, 7) is 7.02. The summed E-state index contributed by atoms with van der Waals surface area (Å²) in [5.41, 5.74) is 1.90. The topological polar surface area (TPSA) is 89.8 Å². The number of anilines is 1. The Labute approximate surface area is 175 Å². The molecule has 2 aromatic carbocycles. The third-order valence-electron chi connectivity index (χ3n) is 5.39. The second kappa shape index (κ2) is 9.07. The number of rotatable bonds is 6. The first-order valence-electron chi connectivity index (χ1n) is 10.1. The molecule has 0 spiro atoms. The summed E-state index contributed by atoms with van der Waals surface area (Å²) in [5, 5.41) is 11.6. The van der Waals surface area contributed by atoms with Crippen molar-refractivity contribution < 1.29 is 19.2 Å². The fraction of sp³-hybridized carbons (Fsp3) is 0.391. The molecular formula is C23H26N2O5. The number of benzene rings is 2. The lowest BCUT2D eigenvalue weighted by molar-refractivity contribution is -0.384. The summed E-state index contributed by atoms with van der Waals surface area (Å²) >= 11 is 0. The fourth-order valence-electron chi connectivity index (χ4n) is 3.71. The molecule has 0 bridgehead atoms. The summed E-state index contributed by atoms with van der Waals surface area (Å²) in [6, 6.07) is 11.3. The largest absolute Gasteiger partial charge is 0.451 e. The molecule has 3 rings (SSSR count). The van der Waals surface area contributed by atoms with E-state index in [0.717, 1.165) is 31.5 Å². The van der Waals surface area contributed by atoms with Crippen molar-refractivity contribution in [1.29, 1.82) is 0 Å². The van der Waals surface area contributed by atoms with Crippen molar-refractivity contribution in [2.75, 3.05) is 18.0 Å². The van der Waals surface area contributed by atoms with Crippen molar-refractivity contribution in [2.45, 2.75) is 39.7 Å². The van der Waals surface area contributed by atoms with Crippen LogP contribution in [0.3, 0.4) is 0 Å². The van der Waals surface area contributed by atoms with Crippen LogP contribution in [0.5, 0.6) is 0 Å². The summed E-state index contributed by atoms with van der Waals surface area (Å²) in [4.78, 5) is 38.2. The molecule has 1 aliphatic rings. The Hall–Kier alpha value is -3.22. The highest BCUT2D eigenvalue weighted by molar-refractivity contribution is 6.01. The van der Waals surface area contributed by atoms with Gasteiger partial charge in [-0.2, -0.15) is 0 Å². The van der Waals surface area contributed by atoms with Gasteiger partial charge >= 0.3 is 5.97 Å². The van der Waals surface area contributed by atoms with E-state index in [9.17, 15) is 19.7 Å². The summed E-state index contributed by atoms with van der Waals surface area (Å²) in [6.07, 6.45) is 1.07. The van der Waals surface area contributed by atoms with Crippen LogP contribution in [0.25, 0.3) is 0 Å². The zero-order valence-electron chi connectivity index (χ0n) is 17.5. The van der Waals surface area contributed by atoms with Gasteiger partial charge in [-0.15, -0.1) is 0 Å². The molecule has 30 heavy (non-hydrogen) atoms. The highest BCUT2D eigenvalue weighted by Gasteiger charge is 2.27. The Morgan fingerprint density at radius 1 is 1.17 bits per heavy atom. The fourth-order valence-corrected chi connectivity index (χ4v) is 3.71. The van der Waals surface area contributed by atoms with Gasteiger partial charge in [0.15, 0.2) is 6.10 Å². The molecule has 1 heterocycles. The quantitative estimate of drug-likeness (QED) is 0.300. The molecule has 2 aromatic rings. The molecule has 0 aliphatic carbocycles. The van der Waals surface area contributed by atoms with Crippen LogP contribution in [0.15, 0.2) is 42.5 Å². The lowest BCUT2D eigenvalue weighted by Crippen LogP contribution is -2.34. The lowest BCUT2D eigenvalue weighted by atomic mass is 9.99. The zero-order valence-corrected chi connectivity index (χ0v) is 17.5. The van der Waals surface area contributed by atoms with Crippen LogP contribution in [0.2, 0.25) is 0 Å². The van der Waals surface area contributed by atoms with Crippen LogP contribution in [0, 0.1) is 23.0 Å². The van der Waals surface area contributed by atoms with Crippen molar-refractivity contribution in [3.05, 3.63) is 69.3 Å². The Balaban J connectivity index is 1.77. The lowest BCUT2D eigenvalue weighted by Gasteiger charge is -2.32. The third kappa shape index (κ3) is 4.84. The number of carbonyl (C=O) groups excluding carboxylic acids is 2. The maximum atomic E-state index is 12.5. The minimum atomic E-state index is -0.998. The Kier molecular flexibility index (Phi) is 6.50. The van der Waals surface area contributed by atoms with E-state index < -0.39 is 17.0 Å². The molecule has 158 valence electrons. The van der Waals surface area contributed by atoms with E-state index in [-0.39, 0.29) is 17.0 Å². The van der Waals surface area contributed by atoms with E-state index in [4.69, 9.17) is 4.74 Å². The molecule has 1 aliphatic heterocycles. The second-order valence-corrected chi connectivity index (χ2v) is 7.93. The number of nitrogens with zero attached hydrogens (tertiary/aromatic N) is 2. The first-order chi connectivity index (χ1) is 14.3. The number of hydrogen-bond acceptors (Lipinski definition) is 6. The van der Waals surface area contributed by atoms with Gasteiger partial charge in [0, 0.05) is 24.7 Å². The van der Waals surface area contributed by atoms with Gasteiger partial charge in [0.2, 0.25) is 5.78 Å². The first-order valence-corrected chi connectivity index (χ1v) is 10.1. The molecule has 2 atom stereocenters. The molecule has 0 unspecified atom stereocenters. The van der Waals surface area contributed by atoms with Gasteiger partial charge in [0.05, 0.1) is 10.5 Å². The molecule has 0 radical (unpaired) electrons. The Morgan fingerprint density at radius 3 is 2.47 bits per heavy atom. The number of piperidine rings is 1. The van der Waals surface area contributed by atoms with Gasteiger partial charge in [0.1, 0.15) is 5.69 Å². The van der Waals surface area contributed by atoms with Crippen molar-refractivity contribution >= 4 is 23.1 Å². The maximum Gasteiger partial charge on any atom is 0.339 e. The van der Waals surface area contributed by atoms with Gasteiger partial charge in [-0.1, -0.05) is 36.8 Å². The second-order valence-electron chi connectivity index (χ2n) is 7.93. The summed E-state index contributed by atoms with van der Waals surface area (Å²) in [5.74, 6) is -0.627. The average molecular weight is 410 g/mol. The number of nitro groups is 1. The van der Waals surface area contributed by atoms with E-state index in [0.29, 0.717) is 17.2 Å². The van der Waals surface area contributed by atoms with Crippen molar-refractivity contribution in [2.24, 2.45) is 5.92 Å². The molecule has 0 saturated carbocycles. The normalized spacial score (nSPS) is 17.3. The number of ether oxygens (including phenoxy) is 1. The smallest absolute Gasteiger partial charge is 0.339 e.